The molecule has 0 rings (SSSR count). The summed E-state index contributed by atoms with van der Waals surface area (Å²) in [5.41, 5.74) is 0. The van der Waals surface area contributed by atoms with E-state index < -0.39 is 0 Å². The van der Waals surface area contributed by atoms with Gasteiger partial charge in [0.25, 0.3) is 0 Å². The van der Waals surface area contributed by atoms with Crippen molar-refractivity contribution in [2.75, 3.05) is 20.2 Å². The van der Waals surface area contributed by atoms with E-state index in [1.807, 2.05) is 0 Å². The lowest BCUT2D eigenvalue weighted by atomic mass is 10.3. The van der Waals surface area contributed by atoms with Gasteiger partial charge in [-0.2, -0.15) is 0 Å². The molecule has 0 aliphatic carbocycles. The Morgan fingerprint density at radius 3 is 2.64 bits per heavy atom. The number of carbonyl (C=O) groups is 2. The van der Waals surface area contributed by atoms with Crippen LogP contribution in [0.15, 0.2) is 0 Å². The van der Waals surface area contributed by atoms with Crippen molar-refractivity contribution in [1.29, 1.82) is 0 Å². The molecule has 0 heterocycles. The van der Waals surface area contributed by atoms with Crippen molar-refractivity contribution in [1.82, 2.24) is 4.90 Å². The first-order valence-corrected chi connectivity index (χ1v) is 4.44. The summed E-state index contributed by atoms with van der Waals surface area (Å²) in [4.78, 5) is 23.5. The van der Waals surface area contributed by atoms with Gasteiger partial charge in [-0.15, -0.1) is 6.42 Å². The van der Waals surface area contributed by atoms with E-state index in [0.29, 0.717) is 13.2 Å². The van der Waals surface area contributed by atoms with E-state index in [4.69, 9.17) is 11.2 Å². The summed E-state index contributed by atoms with van der Waals surface area (Å²) < 4.78 is 4.71. The molecule has 4 heteroatoms. The van der Waals surface area contributed by atoms with Gasteiger partial charge in [-0.1, -0.05) is 5.92 Å². The van der Waals surface area contributed by atoms with Crippen LogP contribution in [0.2, 0.25) is 0 Å². The molecular formula is C10H15NO3. The summed E-state index contributed by atoms with van der Waals surface area (Å²) in [5.74, 6) is 1.80. The minimum absolute atomic E-state index is 0.0688. The Balaban J connectivity index is 3.74. The van der Waals surface area contributed by atoms with Crippen LogP contribution in [0.5, 0.6) is 0 Å². The van der Waals surface area contributed by atoms with Gasteiger partial charge in [0.05, 0.1) is 19.4 Å². The molecule has 0 spiro atoms. The lowest BCUT2D eigenvalue weighted by Crippen LogP contribution is -2.28. The average molecular weight is 197 g/mol. The smallest absolute Gasteiger partial charge is 0.307 e. The molecular weight excluding hydrogens is 182 g/mol. The van der Waals surface area contributed by atoms with Crippen molar-refractivity contribution >= 4 is 11.9 Å². The van der Waals surface area contributed by atoms with Gasteiger partial charge in [0, 0.05) is 13.6 Å². The van der Waals surface area contributed by atoms with Crippen molar-refractivity contribution in [3.8, 4) is 12.3 Å². The Morgan fingerprint density at radius 2 is 2.14 bits per heavy atom. The van der Waals surface area contributed by atoms with Gasteiger partial charge in [-0.3, -0.25) is 9.59 Å². The Kier molecular flexibility index (Phi) is 6.21. The lowest BCUT2D eigenvalue weighted by Gasteiger charge is -2.14. The number of terminal acetylenes is 1. The molecule has 1 amide bonds. The summed E-state index contributed by atoms with van der Waals surface area (Å²) in [5, 5.41) is 0. The van der Waals surface area contributed by atoms with Gasteiger partial charge < -0.3 is 9.64 Å². The molecule has 4 nitrogen and oxygen atoms in total. The number of esters is 1. The molecule has 0 N–H and O–H groups in total. The molecule has 0 aliphatic rings. The van der Waals surface area contributed by atoms with Crippen LogP contribution >= 0.6 is 0 Å². The fourth-order valence-corrected chi connectivity index (χ4v) is 0.839. The van der Waals surface area contributed by atoms with Gasteiger partial charge in [-0.05, 0) is 6.92 Å². The quantitative estimate of drug-likeness (QED) is 0.474. The van der Waals surface area contributed by atoms with Crippen molar-refractivity contribution in [2.24, 2.45) is 0 Å². The molecule has 0 aromatic carbocycles. The number of carbonyl (C=O) groups excluding carboxylic acids is 2. The molecule has 0 aromatic rings. The maximum Gasteiger partial charge on any atom is 0.307 e. The first kappa shape index (κ1) is 12.5. The first-order chi connectivity index (χ1) is 6.61. The lowest BCUT2D eigenvalue weighted by molar-refractivity contribution is -0.143. The average Bonchev–Trinajstić information content (AvgIpc) is 2.15. The van der Waals surface area contributed by atoms with E-state index in [2.05, 4.69) is 5.92 Å². The number of amides is 1. The van der Waals surface area contributed by atoms with E-state index in [9.17, 15) is 9.59 Å². The summed E-state index contributed by atoms with van der Waals surface area (Å²) in [6, 6.07) is 0. The minimum Gasteiger partial charge on any atom is -0.466 e. The molecule has 0 saturated carbocycles. The van der Waals surface area contributed by atoms with Crippen molar-refractivity contribution in [2.45, 2.75) is 19.8 Å². The fourth-order valence-electron chi connectivity index (χ4n) is 0.839. The summed E-state index contributed by atoms with van der Waals surface area (Å²) in [7, 11) is 1.61. The highest BCUT2D eigenvalue weighted by Crippen LogP contribution is 1.94. The molecule has 0 aromatic heterocycles. The minimum atomic E-state index is -0.298. The fraction of sp³-hybridized carbons (Fsp3) is 0.600. The predicted molar refractivity (Wildman–Crippen MR) is 52.3 cm³/mol. The molecule has 0 radical (unpaired) electrons. The summed E-state index contributed by atoms with van der Waals surface area (Å²) >= 11 is 0. The second-order valence-electron chi connectivity index (χ2n) is 2.75. The number of hydrogen-bond acceptors (Lipinski definition) is 3. The highest BCUT2D eigenvalue weighted by atomic mass is 16.5. The number of nitrogens with zero attached hydrogens (tertiary/aromatic N) is 1. The van der Waals surface area contributed by atoms with Crippen LogP contribution in [-0.4, -0.2) is 37.0 Å². The van der Waals surface area contributed by atoms with E-state index in [1.54, 1.807) is 14.0 Å². The SMILES string of the molecule is C#CCC(=O)N(C)CCC(=O)OCC. The second-order valence-corrected chi connectivity index (χ2v) is 2.75. The molecule has 78 valence electrons. The van der Waals surface area contributed by atoms with Crippen molar-refractivity contribution in [3.05, 3.63) is 0 Å². The Labute approximate surface area is 84.2 Å². The normalized spacial score (nSPS) is 8.93. The largest absolute Gasteiger partial charge is 0.466 e. The molecule has 0 saturated heterocycles. The monoisotopic (exact) mass is 197 g/mol. The van der Waals surface area contributed by atoms with Crippen LogP contribution in [0.25, 0.3) is 0 Å². The van der Waals surface area contributed by atoms with Gasteiger partial charge in [-0.25, -0.2) is 0 Å². The van der Waals surface area contributed by atoms with E-state index in [0.717, 1.165) is 0 Å². The van der Waals surface area contributed by atoms with Crippen LogP contribution in [0.4, 0.5) is 0 Å². The molecule has 0 atom stereocenters. The zero-order chi connectivity index (χ0) is 11.0. The molecule has 0 unspecified atom stereocenters. The zero-order valence-corrected chi connectivity index (χ0v) is 8.58. The van der Waals surface area contributed by atoms with Crippen LogP contribution in [-0.2, 0) is 14.3 Å². The van der Waals surface area contributed by atoms with Crippen LogP contribution in [0, 0.1) is 12.3 Å². The van der Waals surface area contributed by atoms with Gasteiger partial charge in [0.15, 0.2) is 0 Å². The highest BCUT2D eigenvalue weighted by molar-refractivity contribution is 5.79. The topological polar surface area (TPSA) is 46.6 Å². The van der Waals surface area contributed by atoms with Crippen molar-refractivity contribution in [3.63, 3.8) is 0 Å². The van der Waals surface area contributed by atoms with Gasteiger partial charge >= 0.3 is 5.97 Å². The summed E-state index contributed by atoms with van der Waals surface area (Å²) in [6.07, 6.45) is 5.26. The predicted octanol–water partition coefficient (Wildman–Crippen LogP) is 0.421. The van der Waals surface area contributed by atoms with Crippen molar-refractivity contribution < 1.29 is 14.3 Å². The van der Waals surface area contributed by atoms with Crippen LogP contribution in [0.1, 0.15) is 19.8 Å². The van der Waals surface area contributed by atoms with Crippen LogP contribution in [0.3, 0.4) is 0 Å². The maximum absolute atomic E-state index is 11.1. The third-order valence-corrected chi connectivity index (χ3v) is 1.64. The maximum atomic E-state index is 11.1. The third-order valence-electron chi connectivity index (χ3n) is 1.64. The Hall–Kier alpha value is -1.50. The van der Waals surface area contributed by atoms with Crippen LogP contribution < -0.4 is 0 Å². The first-order valence-electron chi connectivity index (χ1n) is 4.44. The standard InChI is InChI=1S/C10H15NO3/c1-4-6-9(12)11(3)8-7-10(13)14-5-2/h1H,5-8H2,2-3H3. The van der Waals surface area contributed by atoms with E-state index in [-0.39, 0.29) is 24.7 Å². The zero-order valence-electron chi connectivity index (χ0n) is 8.58. The van der Waals surface area contributed by atoms with E-state index >= 15 is 0 Å². The van der Waals surface area contributed by atoms with E-state index in [1.165, 1.54) is 4.90 Å². The number of rotatable bonds is 5. The Morgan fingerprint density at radius 1 is 1.50 bits per heavy atom. The van der Waals surface area contributed by atoms with Gasteiger partial charge in [0.2, 0.25) is 5.91 Å². The second kappa shape index (κ2) is 6.96. The highest BCUT2D eigenvalue weighted by Gasteiger charge is 2.09. The number of ether oxygens (including phenoxy) is 1. The molecule has 14 heavy (non-hydrogen) atoms. The molecule has 0 fully saturated rings. The third kappa shape index (κ3) is 5.20. The molecule has 0 bridgehead atoms. The number of hydrogen-bond donors (Lipinski definition) is 0. The van der Waals surface area contributed by atoms with Gasteiger partial charge in [0.1, 0.15) is 0 Å². The summed E-state index contributed by atoms with van der Waals surface area (Å²) in [6.45, 7) is 2.45. The Bertz CT molecular complexity index is 242. The molecule has 0 aliphatic heterocycles.